The van der Waals surface area contributed by atoms with Crippen LogP contribution in [-0.2, 0) is 0 Å². The van der Waals surface area contributed by atoms with E-state index >= 15 is 0 Å². The molecule has 0 unspecified atom stereocenters. The molecule has 1 amide bonds. The second-order valence-electron chi connectivity index (χ2n) is 7.28. The zero-order valence-electron chi connectivity index (χ0n) is 17.0. The van der Waals surface area contributed by atoms with Gasteiger partial charge in [0, 0.05) is 28.8 Å². The normalized spacial score (nSPS) is 11.2. The van der Waals surface area contributed by atoms with Crippen LogP contribution >= 0.6 is 15.9 Å². The summed E-state index contributed by atoms with van der Waals surface area (Å²) >= 11 is 3.53. The highest BCUT2D eigenvalue weighted by Crippen LogP contribution is 2.26. The van der Waals surface area contributed by atoms with Crippen molar-refractivity contribution in [1.29, 1.82) is 0 Å². The second kappa shape index (κ2) is 7.15. The number of para-hydroxylation sites is 1. The number of carbonyl (C=O) groups excluding carboxylic acids is 1. The van der Waals surface area contributed by atoms with Crippen molar-refractivity contribution in [2.45, 2.75) is 34.6 Å². The van der Waals surface area contributed by atoms with Gasteiger partial charge in [0.05, 0.1) is 15.7 Å². The molecule has 0 atom stereocenters. The lowest BCUT2D eigenvalue weighted by atomic mass is 10.2. The Morgan fingerprint density at radius 1 is 1.07 bits per heavy atom. The average molecular weight is 452 g/mol. The number of aryl methyl sites for hydroxylation is 4. The lowest BCUT2D eigenvalue weighted by Gasteiger charge is -2.13. The lowest BCUT2D eigenvalue weighted by molar-refractivity contribution is 0.102. The minimum Gasteiger partial charge on any atom is -0.317 e. The molecule has 1 N–H and O–H groups in total. The standard InChI is InChI=1S/C22H22BrN5O/c1-12-8-6-7-9-18(12)27-14(3)11-17(16(27)5)22(29)25-19-10-13(2)24-21-20(23)15(4)26-28(19)21/h6-11H,1-5H3,(H,25,29). The van der Waals surface area contributed by atoms with Crippen LogP contribution < -0.4 is 5.32 Å². The first-order chi connectivity index (χ1) is 13.8. The maximum Gasteiger partial charge on any atom is 0.258 e. The van der Waals surface area contributed by atoms with Crippen molar-refractivity contribution < 1.29 is 4.79 Å². The predicted molar refractivity (Wildman–Crippen MR) is 118 cm³/mol. The Labute approximate surface area is 177 Å². The number of carbonyl (C=O) groups is 1. The molecule has 4 rings (SSSR count). The Hall–Kier alpha value is -2.93. The third-order valence-electron chi connectivity index (χ3n) is 5.09. The average Bonchev–Trinajstić information content (AvgIpc) is 3.12. The first-order valence-electron chi connectivity index (χ1n) is 9.36. The number of hydrogen-bond donors (Lipinski definition) is 1. The van der Waals surface area contributed by atoms with Gasteiger partial charge >= 0.3 is 0 Å². The molecule has 0 saturated carbocycles. The summed E-state index contributed by atoms with van der Waals surface area (Å²) in [6, 6.07) is 11.9. The second-order valence-corrected chi connectivity index (χ2v) is 8.07. The molecule has 0 saturated heterocycles. The number of fused-ring (bicyclic) bond motifs is 1. The molecular formula is C22H22BrN5O. The van der Waals surface area contributed by atoms with Crippen LogP contribution in [0.2, 0.25) is 0 Å². The van der Waals surface area contributed by atoms with Gasteiger partial charge < -0.3 is 9.88 Å². The van der Waals surface area contributed by atoms with Gasteiger partial charge in [-0.3, -0.25) is 4.79 Å². The minimum absolute atomic E-state index is 0.172. The Kier molecular flexibility index (Phi) is 4.78. The molecule has 0 aliphatic rings. The van der Waals surface area contributed by atoms with Gasteiger partial charge in [0.2, 0.25) is 0 Å². The Morgan fingerprint density at radius 3 is 2.52 bits per heavy atom. The number of rotatable bonds is 3. The van der Waals surface area contributed by atoms with Gasteiger partial charge in [0.1, 0.15) is 5.82 Å². The first kappa shape index (κ1) is 19.4. The summed E-state index contributed by atoms with van der Waals surface area (Å²) in [5.41, 5.74) is 7.08. The van der Waals surface area contributed by atoms with Crippen LogP contribution in [-0.4, -0.2) is 25.1 Å². The van der Waals surface area contributed by atoms with Crippen molar-refractivity contribution in [3.05, 3.63) is 74.8 Å². The van der Waals surface area contributed by atoms with E-state index in [1.807, 2.05) is 52.0 Å². The molecule has 0 fully saturated rings. The molecule has 3 heterocycles. The van der Waals surface area contributed by atoms with Gasteiger partial charge in [0.15, 0.2) is 5.65 Å². The van der Waals surface area contributed by atoms with Crippen LogP contribution in [0.5, 0.6) is 0 Å². The van der Waals surface area contributed by atoms with Crippen LogP contribution in [0.4, 0.5) is 5.82 Å². The number of nitrogens with one attached hydrogen (secondary N) is 1. The van der Waals surface area contributed by atoms with E-state index in [2.05, 4.69) is 55.0 Å². The highest BCUT2D eigenvalue weighted by Gasteiger charge is 2.20. The van der Waals surface area contributed by atoms with E-state index in [4.69, 9.17) is 0 Å². The molecule has 7 heteroatoms. The summed E-state index contributed by atoms with van der Waals surface area (Å²) in [5.74, 6) is 0.418. The van der Waals surface area contributed by atoms with Gasteiger partial charge in [-0.15, -0.1) is 0 Å². The van der Waals surface area contributed by atoms with Crippen molar-refractivity contribution in [1.82, 2.24) is 19.2 Å². The molecule has 0 bridgehead atoms. The largest absolute Gasteiger partial charge is 0.317 e. The van der Waals surface area contributed by atoms with Gasteiger partial charge in [-0.2, -0.15) is 9.61 Å². The van der Waals surface area contributed by atoms with Gasteiger partial charge in [-0.1, -0.05) is 18.2 Å². The molecule has 3 aromatic heterocycles. The summed E-state index contributed by atoms with van der Waals surface area (Å²) in [4.78, 5) is 17.7. The molecule has 0 spiro atoms. The summed E-state index contributed by atoms with van der Waals surface area (Å²) in [6.07, 6.45) is 0. The number of aromatic nitrogens is 4. The van der Waals surface area contributed by atoms with Crippen molar-refractivity contribution in [2.24, 2.45) is 0 Å². The lowest BCUT2D eigenvalue weighted by Crippen LogP contribution is -2.16. The fourth-order valence-electron chi connectivity index (χ4n) is 3.67. The summed E-state index contributed by atoms with van der Waals surface area (Å²) in [6.45, 7) is 9.85. The van der Waals surface area contributed by atoms with Gasteiger partial charge in [-0.05, 0) is 68.2 Å². The molecule has 0 aliphatic carbocycles. The number of hydrogen-bond acceptors (Lipinski definition) is 3. The van der Waals surface area contributed by atoms with E-state index in [9.17, 15) is 4.79 Å². The summed E-state index contributed by atoms with van der Waals surface area (Å²) < 4.78 is 4.60. The SMILES string of the molecule is Cc1cc(NC(=O)c2cc(C)n(-c3ccccc3C)c2C)n2nc(C)c(Br)c2n1. The van der Waals surface area contributed by atoms with E-state index in [0.717, 1.165) is 38.5 Å². The quantitative estimate of drug-likeness (QED) is 0.472. The molecule has 0 radical (unpaired) electrons. The number of benzene rings is 1. The van der Waals surface area contributed by atoms with Crippen LogP contribution in [0.3, 0.4) is 0 Å². The Balaban J connectivity index is 1.76. The van der Waals surface area contributed by atoms with E-state index in [0.29, 0.717) is 17.0 Å². The van der Waals surface area contributed by atoms with E-state index < -0.39 is 0 Å². The third kappa shape index (κ3) is 3.25. The fraction of sp³-hybridized carbons (Fsp3) is 0.227. The number of halogens is 1. The zero-order valence-corrected chi connectivity index (χ0v) is 18.6. The van der Waals surface area contributed by atoms with E-state index in [1.54, 1.807) is 4.52 Å². The van der Waals surface area contributed by atoms with Crippen molar-refractivity contribution in [3.8, 4) is 5.69 Å². The first-order valence-corrected chi connectivity index (χ1v) is 10.2. The van der Waals surface area contributed by atoms with Crippen molar-refractivity contribution in [3.63, 3.8) is 0 Å². The van der Waals surface area contributed by atoms with E-state index in [1.165, 1.54) is 0 Å². The minimum atomic E-state index is -0.172. The molecule has 6 nitrogen and oxygen atoms in total. The molecule has 4 aromatic rings. The molecule has 29 heavy (non-hydrogen) atoms. The van der Waals surface area contributed by atoms with Gasteiger partial charge in [0.25, 0.3) is 5.91 Å². The van der Waals surface area contributed by atoms with E-state index in [-0.39, 0.29) is 5.91 Å². The molecule has 148 valence electrons. The maximum absolute atomic E-state index is 13.2. The fourth-order valence-corrected chi connectivity index (χ4v) is 4.01. The number of nitrogens with zero attached hydrogens (tertiary/aromatic N) is 4. The smallest absolute Gasteiger partial charge is 0.258 e. The summed E-state index contributed by atoms with van der Waals surface area (Å²) in [7, 11) is 0. The third-order valence-corrected chi connectivity index (χ3v) is 6.02. The topological polar surface area (TPSA) is 64.2 Å². The van der Waals surface area contributed by atoms with Crippen LogP contribution in [0.25, 0.3) is 11.3 Å². The van der Waals surface area contributed by atoms with Crippen molar-refractivity contribution >= 4 is 33.3 Å². The van der Waals surface area contributed by atoms with Crippen molar-refractivity contribution in [2.75, 3.05) is 5.32 Å². The zero-order chi connectivity index (χ0) is 20.9. The molecule has 0 aliphatic heterocycles. The predicted octanol–water partition coefficient (Wildman–Crippen LogP) is 5.08. The molecule has 1 aromatic carbocycles. The highest BCUT2D eigenvalue weighted by molar-refractivity contribution is 9.10. The number of anilines is 1. The maximum atomic E-state index is 13.2. The summed E-state index contributed by atoms with van der Waals surface area (Å²) in [5, 5.41) is 7.51. The molecular weight excluding hydrogens is 430 g/mol. The van der Waals surface area contributed by atoms with Gasteiger partial charge in [-0.25, -0.2) is 4.98 Å². The Bertz CT molecular complexity index is 1270. The van der Waals surface area contributed by atoms with Crippen LogP contribution in [0.1, 0.15) is 38.7 Å². The van der Waals surface area contributed by atoms with Crippen LogP contribution in [0, 0.1) is 34.6 Å². The number of amides is 1. The monoisotopic (exact) mass is 451 g/mol. The highest BCUT2D eigenvalue weighted by atomic mass is 79.9. The van der Waals surface area contributed by atoms with Crippen LogP contribution in [0.15, 0.2) is 40.9 Å². The Morgan fingerprint density at radius 2 is 1.79 bits per heavy atom.